The maximum atomic E-state index is 11.7. The third-order valence-electron chi connectivity index (χ3n) is 3.71. The fraction of sp³-hybridized carbons (Fsp3) is 0.929. The van der Waals surface area contributed by atoms with Crippen LogP contribution in [0.4, 0.5) is 4.79 Å². The molecule has 0 bridgehead atoms. The predicted octanol–water partition coefficient (Wildman–Crippen LogP) is 2.52. The molecule has 0 aliphatic carbocycles. The monoisotopic (exact) mass is 258 g/mol. The first-order chi connectivity index (χ1) is 8.22. The molecule has 0 aliphatic heterocycles. The molecule has 2 atom stereocenters. The van der Waals surface area contributed by atoms with Gasteiger partial charge in [0, 0.05) is 12.6 Å². The number of urea groups is 1. The Bertz CT molecular complexity index is 245. The van der Waals surface area contributed by atoms with Crippen molar-refractivity contribution < 1.29 is 9.90 Å². The van der Waals surface area contributed by atoms with Gasteiger partial charge in [-0.2, -0.15) is 0 Å². The highest BCUT2D eigenvalue weighted by Gasteiger charge is 2.22. The molecule has 4 nitrogen and oxygen atoms in total. The lowest BCUT2D eigenvalue weighted by Crippen LogP contribution is -2.48. The van der Waals surface area contributed by atoms with E-state index in [0.717, 1.165) is 12.8 Å². The van der Waals surface area contributed by atoms with Crippen molar-refractivity contribution in [2.45, 2.75) is 66.5 Å². The van der Waals surface area contributed by atoms with Crippen LogP contribution >= 0.6 is 0 Å². The van der Waals surface area contributed by atoms with Gasteiger partial charge in [0.1, 0.15) is 0 Å². The number of aliphatic hydroxyl groups is 1. The summed E-state index contributed by atoms with van der Waals surface area (Å²) in [6.45, 7) is 12.6. The SMILES string of the molecule is CCC(CC)C(O)CNC(=O)NC(C)C(C)(C)C. The van der Waals surface area contributed by atoms with Crippen molar-refractivity contribution in [3.63, 3.8) is 0 Å². The molecule has 0 fully saturated rings. The summed E-state index contributed by atoms with van der Waals surface area (Å²) in [6, 6.07) is -0.120. The third kappa shape index (κ3) is 6.24. The minimum atomic E-state index is -0.462. The van der Waals surface area contributed by atoms with Gasteiger partial charge >= 0.3 is 6.03 Å². The second-order valence-corrected chi connectivity index (χ2v) is 6.09. The fourth-order valence-corrected chi connectivity index (χ4v) is 1.66. The Morgan fingerprint density at radius 1 is 1.22 bits per heavy atom. The van der Waals surface area contributed by atoms with E-state index in [9.17, 15) is 9.90 Å². The van der Waals surface area contributed by atoms with Crippen molar-refractivity contribution in [2.75, 3.05) is 6.54 Å². The number of rotatable bonds is 6. The second-order valence-electron chi connectivity index (χ2n) is 6.09. The topological polar surface area (TPSA) is 61.4 Å². The number of carbonyl (C=O) groups is 1. The van der Waals surface area contributed by atoms with Gasteiger partial charge < -0.3 is 15.7 Å². The molecule has 18 heavy (non-hydrogen) atoms. The minimum Gasteiger partial charge on any atom is -0.391 e. The first kappa shape index (κ1) is 17.2. The first-order valence-electron chi connectivity index (χ1n) is 6.94. The molecule has 0 aromatic carbocycles. The summed E-state index contributed by atoms with van der Waals surface area (Å²) in [5.74, 6) is 0.255. The Kier molecular flexibility index (Phi) is 7.29. The zero-order chi connectivity index (χ0) is 14.3. The van der Waals surface area contributed by atoms with Crippen LogP contribution in [0.2, 0.25) is 0 Å². The molecular formula is C14H30N2O2. The Labute approximate surface area is 112 Å². The first-order valence-corrected chi connectivity index (χ1v) is 6.94. The van der Waals surface area contributed by atoms with Gasteiger partial charge in [-0.1, -0.05) is 47.5 Å². The van der Waals surface area contributed by atoms with Crippen molar-refractivity contribution in [2.24, 2.45) is 11.3 Å². The van der Waals surface area contributed by atoms with Crippen LogP contribution in [0.3, 0.4) is 0 Å². The Morgan fingerprint density at radius 2 is 1.72 bits per heavy atom. The Morgan fingerprint density at radius 3 is 2.11 bits per heavy atom. The number of hydrogen-bond acceptors (Lipinski definition) is 2. The van der Waals surface area contributed by atoms with Crippen molar-refractivity contribution in [3.8, 4) is 0 Å². The quantitative estimate of drug-likeness (QED) is 0.685. The second kappa shape index (κ2) is 7.62. The maximum absolute atomic E-state index is 11.7. The molecule has 2 unspecified atom stereocenters. The molecule has 0 aromatic heterocycles. The lowest BCUT2D eigenvalue weighted by molar-refractivity contribution is 0.103. The van der Waals surface area contributed by atoms with Crippen LogP contribution in [0.25, 0.3) is 0 Å². The summed E-state index contributed by atoms with van der Waals surface area (Å²) in [4.78, 5) is 11.7. The van der Waals surface area contributed by atoms with Gasteiger partial charge in [-0.05, 0) is 18.3 Å². The number of nitrogens with one attached hydrogen (secondary N) is 2. The minimum absolute atomic E-state index is 0.0331. The van der Waals surface area contributed by atoms with Crippen LogP contribution in [-0.2, 0) is 0 Å². The largest absolute Gasteiger partial charge is 0.391 e. The molecule has 0 spiro atoms. The van der Waals surface area contributed by atoms with Gasteiger partial charge in [-0.3, -0.25) is 0 Å². The van der Waals surface area contributed by atoms with E-state index in [-0.39, 0.29) is 23.4 Å². The van der Waals surface area contributed by atoms with Crippen molar-refractivity contribution in [1.29, 1.82) is 0 Å². The van der Waals surface area contributed by atoms with Gasteiger partial charge in [0.25, 0.3) is 0 Å². The Balaban J connectivity index is 4.04. The predicted molar refractivity (Wildman–Crippen MR) is 75.5 cm³/mol. The number of aliphatic hydroxyl groups excluding tert-OH is 1. The number of hydrogen-bond donors (Lipinski definition) is 3. The maximum Gasteiger partial charge on any atom is 0.315 e. The number of carbonyl (C=O) groups excluding carboxylic acids is 1. The zero-order valence-electron chi connectivity index (χ0n) is 12.7. The van der Waals surface area contributed by atoms with Crippen LogP contribution < -0.4 is 10.6 Å². The van der Waals surface area contributed by atoms with Crippen LogP contribution in [0.15, 0.2) is 0 Å². The van der Waals surface area contributed by atoms with E-state index < -0.39 is 6.10 Å². The van der Waals surface area contributed by atoms with Gasteiger partial charge in [0.2, 0.25) is 0 Å². The third-order valence-corrected chi connectivity index (χ3v) is 3.71. The van der Waals surface area contributed by atoms with Crippen molar-refractivity contribution >= 4 is 6.03 Å². The number of amides is 2. The molecule has 0 radical (unpaired) electrons. The summed E-state index contributed by atoms with van der Waals surface area (Å²) in [7, 11) is 0. The van der Waals surface area contributed by atoms with E-state index in [0.29, 0.717) is 6.54 Å². The van der Waals surface area contributed by atoms with Crippen LogP contribution in [0.1, 0.15) is 54.4 Å². The van der Waals surface area contributed by atoms with Crippen LogP contribution in [-0.4, -0.2) is 29.8 Å². The molecule has 3 N–H and O–H groups in total. The molecule has 2 amide bonds. The van der Waals surface area contributed by atoms with E-state index in [1.165, 1.54) is 0 Å². The van der Waals surface area contributed by atoms with Crippen LogP contribution in [0, 0.1) is 11.3 Å². The normalized spacial score (nSPS) is 15.3. The lowest BCUT2D eigenvalue weighted by Gasteiger charge is -2.28. The van der Waals surface area contributed by atoms with E-state index >= 15 is 0 Å². The highest BCUT2D eigenvalue weighted by molar-refractivity contribution is 5.74. The summed E-state index contributed by atoms with van der Waals surface area (Å²) in [5.41, 5.74) is 0.0331. The fourth-order valence-electron chi connectivity index (χ4n) is 1.66. The molecular weight excluding hydrogens is 228 g/mol. The molecule has 4 heteroatoms. The van der Waals surface area contributed by atoms with Gasteiger partial charge in [-0.25, -0.2) is 4.79 Å². The summed E-state index contributed by atoms with van der Waals surface area (Å²) >= 11 is 0. The molecule has 0 aromatic rings. The van der Waals surface area contributed by atoms with Gasteiger partial charge in [0.15, 0.2) is 0 Å². The highest BCUT2D eigenvalue weighted by atomic mass is 16.3. The molecule has 0 saturated carbocycles. The molecule has 108 valence electrons. The molecule has 0 saturated heterocycles. The van der Waals surface area contributed by atoms with Crippen molar-refractivity contribution in [3.05, 3.63) is 0 Å². The summed E-state index contributed by atoms with van der Waals surface area (Å²) in [5, 5.41) is 15.5. The van der Waals surface area contributed by atoms with Crippen LogP contribution in [0.5, 0.6) is 0 Å². The molecule has 0 aliphatic rings. The smallest absolute Gasteiger partial charge is 0.315 e. The zero-order valence-corrected chi connectivity index (χ0v) is 12.7. The van der Waals surface area contributed by atoms with Crippen molar-refractivity contribution in [1.82, 2.24) is 10.6 Å². The van der Waals surface area contributed by atoms with Gasteiger partial charge in [0.05, 0.1) is 6.10 Å². The van der Waals surface area contributed by atoms with E-state index in [4.69, 9.17) is 0 Å². The summed E-state index contributed by atoms with van der Waals surface area (Å²) in [6.07, 6.45) is 1.40. The van der Waals surface area contributed by atoms with E-state index in [2.05, 4.69) is 45.3 Å². The molecule has 0 rings (SSSR count). The van der Waals surface area contributed by atoms with E-state index in [1.807, 2.05) is 6.92 Å². The molecule has 0 heterocycles. The van der Waals surface area contributed by atoms with E-state index in [1.54, 1.807) is 0 Å². The Hall–Kier alpha value is -0.770. The lowest BCUT2D eigenvalue weighted by atomic mass is 9.88. The average molecular weight is 258 g/mol. The van der Waals surface area contributed by atoms with Gasteiger partial charge in [-0.15, -0.1) is 0 Å². The summed E-state index contributed by atoms with van der Waals surface area (Å²) < 4.78 is 0. The average Bonchev–Trinajstić information content (AvgIpc) is 2.26. The standard InChI is InChI=1S/C14H30N2O2/c1-7-11(8-2)12(17)9-15-13(18)16-10(3)14(4,5)6/h10-12,17H,7-9H2,1-6H3,(H2,15,16,18). The highest BCUT2D eigenvalue weighted by Crippen LogP contribution is 2.18.